The molecule has 2 rings (SSSR count). The summed E-state index contributed by atoms with van der Waals surface area (Å²) in [5, 5.41) is 0. The number of H-pyrrole nitrogens is 1. The SMILES string of the molecule is CC(CN)c1ccc2nc[nH]c2c1. The lowest BCUT2D eigenvalue weighted by Gasteiger charge is -2.07. The Morgan fingerprint density at radius 2 is 2.38 bits per heavy atom. The maximum absolute atomic E-state index is 5.60. The van der Waals surface area contributed by atoms with Crippen molar-refractivity contribution in [2.45, 2.75) is 12.8 Å². The zero-order valence-electron chi connectivity index (χ0n) is 7.62. The van der Waals surface area contributed by atoms with Gasteiger partial charge in [0.15, 0.2) is 0 Å². The lowest BCUT2D eigenvalue weighted by Crippen LogP contribution is -2.08. The molecule has 0 saturated carbocycles. The van der Waals surface area contributed by atoms with Gasteiger partial charge in [0.1, 0.15) is 0 Å². The molecule has 2 aromatic rings. The normalized spacial score (nSPS) is 13.4. The zero-order valence-corrected chi connectivity index (χ0v) is 7.62. The van der Waals surface area contributed by atoms with Crippen molar-refractivity contribution < 1.29 is 0 Å². The van der Waals surface area contributed by atoms with Gasteiger partial charge in [-0.15, -0.1) is 0 Å². The third-order valence-corrected chi connectivity index (χ3v) is 2.37. The van der Waals surface area contributed by atoms with Gasteiger partial charge >= 0.3 is 0 Å². The van der Waals surface area contributed by atoms with E-state index in [0.717, 1.165) is 11.0 Å². The number of aromatic nitrogens is 2. The molecule has 0 saturated heterocycles. The van der Waals surface area contributed by atoms with Crippen LogP contribution in [0, 0.1) is 0 Å². The Balaban J connectivity index is 2.48. The molecule has 0 aliphatic carbocycles. The van der Waals surface area contributed by atoms with Gasteiger partial charge in [0.25, 0.3) is 0 Å². The van der Waals surface area contributed by atoms with E-state index in [4.69, 9.17) is 5.73 Å². The Morgan fingerprint density at radius 3 is 3.15 bits per heavy atom. The molecule has 68 valence electrons. The first kappa shape index (κ1) is 8.26. The van der Waals surface area contributed by atoms with Crippen molar-refractivity contribution in [3.05, 3.63) is 30.1 Å². The summed E-state index contributed by atoms with van der Waals surface area (Å²) in [6.45, 7) is 2.80. The molecule has 3 N–H and O–H groups in total. The second-order valence-electron chi connectivity index (χ2n) is 3.32. The molecule has 3 nitrogen and oxygen atoms in total. The van der Waals surface area contributed by atoms with E-state index in [1.807, 2.05) is 6.07 Å². The molecule has 0 spiro atoms. The van der Waals surface area contributed by atoms with Crippen molar-refractivity contribution in [3.63, 3.8) is 0 Å². The number of nitrogens with one attached hydrogen (secondary N) is 1. The highest BCUT2D eigenvalue weighted by atomic mass is 14.9. The fraction of sp³-hybridized carbons (Fsp3) is 0.300. The lowest BCUT2D eigenvalue weighted by molar-refractivity contribution is 0.775. The minimum absolute atomic E-state index is 0.410. The first-order valence-electron chi connectivity index (χ1n) is 4.44. The van der Waals surface area contributed by atoms with Crippen LogP contribution < -0.4 is 5.73 Å². The predicted molar refractivity (Wildman–Crippen MR) is 53.6 cm³/mol. The van der Waals surface area contributed by atoms with E-state index in [-0.39, 0.29) is 0 Å². The summed E-state index contributed by atoms with van der Waals surface area (Å²) >= 11 is 0. The maximum Gasteiger partial charge on any atom is 0.0931 e. The summed E-state index contributed by atoms with van der Waals surface area (Å²) in [6, 6.07) is 6.22. The summed E-state index contributed by atoms with van der Waals surface area (Å²) in [5.41, 5.74) is 8.95. The topological polar surface area (TPSA) is 54.7 Å². The van der Waals surface area contributed by atoms with Gasteiger partial charge in [-0.05, 0) is 30.2 Å². The van der Waals surface area contributed by atoms with Gasteiger partial charge in [-0.3, -0.25) is 0 Å². The third kappa shape index (κ3) is 1.42. The molecule has 1 atom stereocenters. The molecule has 0 aliphatic heterocycles. The maximum atomic E-state index is 5.60. The van der Waals surface area contributed by atoms with Gasteiger partial charge in [0, 0.05) is 0 Å². The summed E-state index contributed by atoms with van der Waals surface area (Å²) < 4.78 is 0. The van der Waals surface area contributed by atoms with Crippen molar-refractivity contribution in [1.29, 1.82) is 0 Å². The standard InChI is InChI=1S/C10H13N3/c1-7(5-11)8-2-3-9-10(4-8)13-6-12-9/h2-4,6-7H,5,11H2,1H3,(H,12,13). The molecule has 13 heavy (non-hydrogen) atoms. The number of aromatic amines is 1. The minimum atomic E-state index is 0.410. The molecular weight excluding hydrogens is 162 g/mol. The molecule has 1 aromatic heterocycles. The summed E-state index contributed by atoms with van der Waals surface area (Å²) in [6.07, 6.45) is 1.71. The highest BCUT2D eigenvalue weighted by Gasteiger charge is 2.04. The van der Waals surface area contributed by atoms with Crippen LogP contribution in [0.2, 0.25) is 0 Å². The molecule has 1 heterocycles. The molecular formula is C10H13N3. The number of hydrogen-bond acceptors (Lipinski definition) is 2. The average Bonchev–Trinajstić information content (AvgIpc) is 2.63. The Labute approximate surface area is 77.0 Å². The first-order valence-corrected chi connectivity index (χ1v) is 4.44. The van der Waals surface area contributed by atoms with Crippen LogP contribution >= 0.6 is 0 Å². The van der Waals surface area contributed by atoms with Crippen molar-refractivity contribution in [2.24, 2.45) is 5.73 Å². The van der Waals surface area contributed by atoms with Crippen molar-refractivity contribution in [3.8, 4) is 0 Å². The molecule has 0 radical (unpaired) electrons. The Hall–Kier alpha value is -1.35. The molecule has 1 aromatic carbocycles. The van der Waals surface area contributed by atoms with Crippen LogP contribution in [0.5, 0.6) is 0 Å². The molecule has 1 unspecified atom stereocenters. The molecule has 0 bridgehead atoms. The number of imidazole rings is 1. The van der Waals surface area contributed by atoms with E-state index < -0.39 is 0 Å². The highest BCUT2D eigenvalue weighted by molar-refractivity contribution is 5.75. The number of fused-ring (bicyclic) bond motifs is 1. The monoisotopic (exact) mass is 175 g/mol. The van der Waals surface area contributed by atoms with E-state index in [1.165, 1.54) is 5.56 Å². The van der Waals surface area contributed by atoms with Gasteiger partial charge in [-0.1, -0.05) is 13.0 Å². The van der Waals surface area contributed by atoms with Crippen molar-refractivity contribution in [1.82, 2.24) is 9.97 Å². The van der Waals surface area contributed by atoms with Gasteiger partial charge in [-0.2, -0.15) is 0 Å². The smallest absolute Gasteiger partial charge is 0.0931 e. The van der Waals surface area contributed by atoms with Gasteiger partial charge in [-0.25, -0.2) is 4.98 Å². The Bertz CT molecular complexity index is 405. The van der Waals surface area contributed by atoms with Crippen LogP contribution in [0.15, 0.2) is 24.5 Å². The number of nitrogens with zero attached hydrogens (tertiary/aromatic N) is 1. The van der Waals surface area contributed by atoms with Gasteiger partial charge < -0.3 is 10.7 Å². The van der Waals surface area contributed by atoms with Crippen LogP contribution in [-0.4, -0.2) is 16.5 Å². The average molecular weight is 175 g/mol. The summed E-state index contributed by atoms with van der Waals surface area (Å²) in [7, 11) is 0. The van der Waals surface area contributed by atoms with Crippen LogP contribution in [0.3, 0.4) is 0 Å². The highest BCUT2D eigenvalue weighted by Crippen LogP contribution is 2.18. The fourth-order valence-electron chi connectivity index (χ4n) is 1.40. The van der Waals surface area contributed by atoms with E-state index >= 15 is 0 Å². The largest absolute Gasteiger partial charge is 0.345 e. The molecule has 0 amide bonds. The zero-order chi connectivity index (χ0) is 9.26. The van der Waals surface area contributed by atoms with E-state index in [0.29, 0.717) is 12.5 Å². The van der Waals surface area contributed by atoms with Crippen molar-refractivity contribution in [2.75, 3.05) is 6.54 Å². The third-order valence-electron chi connectivity index (χ3n) is 2.37. The van der Waals surface area contributed by atoms with E-state index in [1.54, 1.807) is 6.33 Å². The molecule has 0 aliphatic rings. The minimum Gasteiger partial charge on any atom is -0.345 e. The van der Waals surface area contributed by atoms with Crippen LogP contribution in [-0.2, 0) is 0 Å². The van der Waals surface area contributed by atoms with Crippen LogP contribution in [0.1, 0.15) is 18.4 Å². The number of hydrogen-bond donors (Lipinski definition) is 2. The summed E-state index contributed by atoms with van der Waals surface area (Å²) in [4.78, 5) is 7.25. The predicted octanol–water partition coefficient (Wildman–Crippen LogP) is 1.63. The van der Waals surface area contributed by atoms with Crippen LogP contribution in [0.4, 0.5) is 0 Å². The van der Waals surface area contributed by atoms with Crippen LogP contribution in [0.25, 0.3) is 11.0 Å². The number of rotatable bonds is 2. The molecule has 3 heteroatoms. The second-order valence-corrected chi connectivity index (χ2v) is 3.32. The second kappa shape index (κ2) is 3.18. The molecule has 0 fully saturated rings. The van der Waals surface area contributed by atoms with E-state index in [2.05, 4.69) is 29.0 Å². The van der Waals surface area contributed by atoms with E-state index in [9.17, 15) is 0 Å². The summed E-state index contributed by atoms with van der Waals surface area (Å²) in [5.74, 6) is 0.410. The lowest BCUT2D eigenvalue weighted by atomic mass is 10.0. The van der Waals surface area contributed by atoms with Crippen molar-refractivity contribution >= 4 is 11.0 Å². The van der Waals surface area contributed by atoms with Gasteiger partial charge in [0.2, 0.25) is 0 Å². The fourth-order valence-corrected chi connectivity index (χ4v) is 1.40. The number of nitrogens with two attached hydrogens (primary N) is 1. The quantitative estimate of drug-likeness (QED) is 0.728. The number of benzene rings is 1. The first-order chi connectivity index (χ1) is 6.31. The Morgan fingerprint density at radius 1 is 1.54 bits per heavy atom. The Kier molecular flexibility index (Phi) is 2.02. The van der Waals surface area contributed by atoms with Gasteiger partial charge in [0.05, 0.1) is 17.4 Å².